The number of hydrogen-bond acceptors (Lipinski definition) is 2. The molecule has 1 aromatic heterocycles. The molecule has 0 fully saturated rings. The first-order chi connectivity index (χ1) is 9.86. The van der Waals surface area contributed by atoms with E-state index in [9.17, 15) is 0 Å². The standard InChI is InChI=1S/C18H23NS/c1-2-19-18(9-6-14-10-11-20-13-14)17-8-7-15-4-3-5-16(15)12-17/h7-8,10-13,18-19H,2-6,9H2,1H3. The zero-order valence-electron chi connectivity index (χ0n) is 12.2. The van der Waals surface area contributed by atoms with E-state index < -0.39 is 0 Å². The second-order valence-corrected chi connectivity index (χ2v) is 6.44. The molecule has 1 nitrogen and oxygen atoms in total. The molecule has 0 saturated heterocycles. The summed E-state index contributed by atoms with van der Waals surface area (Å²) in [5.74, 6) is 0. The predicted octanol–water partition coefficient (Wildman–Crippen LogP) is 4.52. The minimum Gasteiger partial charge on any atom is -0.310 e. The van der Waals surface area contributed by atoms with Crippen LogP contribution in [0.25, 0.3) is 0 Å². The van der Waals surface area contributed by atoms with E-state index >= 15 is 0 Å². The number of benzene rings is 1. The van der Waals surface area contributed by atoms with Crippen LogP contribution < -0.4 is 5.32 Å². The van der Waals surface area contributed by atoms with Crippen molar-refractivity contribution in [3.05, 3.63) is 57.3 Å². The lowest BCUT2D eigenvalue weighted by Crippen LogP contribution is -2.21. The molecule has 1 aliphatic rings. The molecule has 106 valence electrons. The minimum absolute atomic E-state index is 0.491. The molecule has 0 amide bonds. The first-order valence-electron chi connectivity index (χ1n) is 7.73. The minimum atomic E-state index is 0.491. The van der Waals surface area contributed by atoms with Gasteiger partial charge in [-0.25, -0.2) is 0 Å². The molecular weight excluding hydrogens is 262 g/mol. The van der Waals surface area contributed by atoms with Gasteiger partial charge < -0.3 is 5.32 Å². The Hall–Kier alpha value is -1.12. The number of thiophene rings is 1. The van der Waals surface area contributed by atoms with Crippen LogP contribution in [-0.2, 0) is 19.3 Å². The van der Waals surface area contributed by atoms with Gasteiger partial charge >= 0.3 is 0 Å². The van der Waals surface area contributed by atoms with E-state index in [1.807, 2.05) is 0 Å². The maximum atomic E-state index is 3.66. The Kier molecular flexibility index (Phi) is 4.54. The van der Waals surface area contributed by atoms with Crippen LogP contribution in [0.3, 0.4) is 0 Å². The van der Waals surface area contributed by atoms with E-state index in [4.69, 9.17) is 0 Å². The van der Waals surface area contributed by atoms with Crippen LogP contribution in [0.4, 0.5) is 0 Å². The molecule has 0 radical (unpaired) electrons. The van der Waals surface area contributed by atoms with Gasteiger partial charge in [0.2, 0.25) is 0 Å². The van der Waals surface area contributed by atoms with E-state index in [1.54, 1.807) is 22.5 Å². The first-order valence-corrected chi connectivity index (χ1v) is 8.67. The molecule has 1 unspecified atom stereocenters. The monoisotopic (exact) mass is 285 g/mol. The highest BCUT2D eigenvalue weighted by Crippen LogP contribution is 2.27. The summed E-state index contributed by atoms with van der Waals surface area (Å²) in [5, 5.41) is 8.10. The van der Waals surface area contributed by atoms with Crippen molar-refractivity contribution in [1.29, 1.82) is 0 Å². The molecule has 1 aromatic carbocycles. The zero-order chi connectivity index (χ0) is 13.8. The number of hydrogen-bond donors (Lipinski definition) is 1. The molecule has 1 heterocycles. The van der Waals surface area contributed by atoms with Crippen molar-refractivity contribution >= 4 is 11.3 Å². The SMILES string of the molecule is CCNC(CCc1ccsc1)c1ccc2c(c1)CCC2. The van der Waals surface area contributed by atoms with Crippen LogP contribution >= 0.6 is 11.3 Å². The van der Waals surface area contributed by atoms with Crippen molar-refractivity contribution < 1.29 is 0 Å². The molecule has 0 bridgehead atoms. The van der Waals surface area contributed by atoms with E-state index in [2.05, 4.69) is 47.3 Å². The number of nitrogens with one attached hydrogen (secondary N) is 1. The topological polar surface area (TPSA) is 12.0 Å². The van der Waals surface area contributed by atoms with Gasteiger partial charge in [-0.3, -0.25) is 0 Å². The largest absolute Gasteiger partial charge is 0.310 e. The number of fused-ring (bicyclic) bond motifs is 1. The Bertz CT molecular complexity index is 545. The lowest BCUT2D eigenvalue weighted by Gasteiger charge is -2.19. The lowest BCUT2D eigenvalue weighted by molar-refractivity contribution is 0.515. The molecule has 0 spiro atoms. The maximum Gasteiger partial charge on any atom is 0.0323 e. The van der Waals surface area contributed by atoms with Gasteiger partial charge in [-0.2, -0.15) is 11.3 Å². The second-order valence-electron chi connectivity index (χ2n) is 5.66. The van der Waals surface area contributed by atoms with Gasteiger partial charge in [0.15, 0.2) is 0 Å². The molecule has 1 atom stereocenters. The Morgan fingerprint density at radius 2 is 2.10 bits per heavy atom. The van der Waals surface area contributed by atoms with E-state index in [-0.39, 0.29) is 0 Å². The lowest BCUT2D eigenvalue weighted by atomic mass is 9.96. The van der Waals surface area contributed by atoms with Crippen LogP contribution in [0.1, 0.15) is 48.1 Å². The number of aryl methyl sites for hydroxylation is 3. The van der Waals surface area contributed by atoms with Crippen molar-refractivity contribution in [2.45, 2.75) is 45.1 Å². The van der Waals surface area contributed by atoms with Gasteiger partial charge in [0.25, 0.3) is 0 Å². The van der Waals surface area contributed by atoms with Crippen molar-refractivity contribution in [3.8, 4) is 0 Å². The predicted molar refractivity (Wildman–Crippen MR) is 87.5 cm³/mol. The molecule has 0 saturated carbocycles. The van der Waals surface area contributed by atoms with Crippen LogP contribution in [0.2, 0.25) is 0 Å². The molecule has 20 heavy (non-hydrogen) atoms. The summed E-state index contributed by atoms with van der Waals surface area (Å²) in [4.78, 5) is 0. The summed E-state index contributed by atoms with van der Waals surface area (Å²) >= 11 is 1.80. The summed E-state index contributed by atoms with van der Waals surface area (Å²) in [7, 11) is 0. The van der Waals surface area contributed by atoms with E-state index in [0.717, 1.165) is 13.0 Å². The Morgan fingerprint density at radius 3 is 2.90 bits per heavy atom. The molecule has 1 aliphatic carbocycles. The summed E-state index contributed by atoms with van der Waals surface area (Å²) in [5.41, 5.74) is 6.10. The van der Waals surface area contributed by atoms with Gasteiger partial charge in [-0.1, -0.05) is 25.1 Å². The fourth-order valence-electron chi connectivity index (χ4n) is 3.19. The summed E-state index contributed by atoms with van der Waals surface area (Å²) in [6, 6.07) is 9.88. The Balaban J connectivity index is 1.72. The van der Waals surface area contributed by atoms with Crippen molar-refractivity contribution in [1.82, 2.24) is 5.32 Å². The van der Waals surface area contributed by atoms with Gasteiger partial charge in [0.1, 0.15) is 0 Å². The van der Waals surface area contributed by atoms with Gasteiger partial charge in [-0.15, -0.1) is 0 Å². The van der Waals surface area contributed by atoms with Crippen LogP contribution in [0, 0.1) is 0 Å². The molecule has 1 N–H and O–H groups in total. The average molecular weight is 285 g/mol. The third-order valence-corrected chi connectivity index (χ3v) is 5.01. The van der Waals surface area contributed by atoms with Gasteiger partial charge in [-0.05, 0) is 77.7 Å². The Labute approximate surface area is 126 Å². The van der Waals surface area contributed by atoms with Gasteiger partial charge in [0.05, 0.1) is 0 Å². The van der Waals surface area contributed by atoms with Crippen molar-refractivity contribution in [3.63, 3.8) is 0 Å². The van der Waals surface area contributed by atoms with Crippen LogP contribution in [-0.4, -0.2) is 6.54 Å². The van der Waals surface area contributed by atoms with Crippen LogP contribution in [0.5, 0.6) is 0 Å². The molecule has 0 aliphatic heterocycles. The second kappa shape index (κ2) is 6.55. The molecule has 3 rings (SSSR count). The summed E-state index contributed by atoms with van der Waals surface area (Å²) in [6.45, 7) is 3.23. The molecule has 2 aromatic rings. The smallest absolute Gasteiger partial charge is 0.0323 e. The third kappa shape index (κ3) is 3.13. The highest BCUT2D eigenvalue weighted by atomic mass is 32.1. The fraction of sp³-hybridized carbons (Fsp3) is 0.444. The highest BCUT2D eigenvalue weighted by Gasteiger charge is 2.15. The van der Waals surface area contributed by atoms with E-state index in [0.29, 0.717) is 6.04 Å². The first kappa shape index (κ1) is 13.8. The highest BCUT2D eigenvalue weighted by molar-refractivity contribution is 7.07. The van der Waals surface area contributed by atoms with Gasteiger partial charge in [0, 0.05) is 6.04 Å². The fourth-order valence-corrected chi connectivity index (χ4v) is 3.89. The van der Waals surface area contributed by atoms with Crippen molar-refractivity contribution in [2.75, 3.05) is 6.54 Å². The molecule has 2 heteroatoms. The zero-order valence-corrected chi connectivity index (χ0v) is 13.0. The van der Waals surface area contributed by atoms with E-state index in [1.165, 1.54) is 36.8 Å². The summed E-state index contributed by atoms with van der Waals surface area (Å²) in [6.07, 6.45) is 6.23. The normalized spacial score (nSPS) is 15.2. The van der Waals surface area contributed by atoms with Crippen LogP contribution in [0.15, 0.2) is 35.0 Å². The van der Waals surface area contributed by atoms with Crippen molar-refractivity contribution in [2.24, 2.45) is 0 Å². The number of rotatable bonds is 6. The quantitative estimate of drug-likeness (QED) is 0.823. The average Bonchev–Trinajstić information content (AvgIpc) is 3.13. The Morgan fingerprint density at radius 1 is 1.20 bits per heavy atom. The maximum absolute atomic E-state index is 3.66. The molecular formula is C18H23NS. The third-order valence-electron chi connectivity index (χ3n) is 4.28. The summed E-state index contributed by atoms with van der Waals surface area (Å²) < 4.78 is 0.